The van der Waals surface area contributed by atoms with Crippen molar-refractivity contribution < 1.29 is 23.2 Å². The van der Waals surface area contributed by atoms with E-state index in [1.54, 1.807) is 0 Å². The van der Waals surface area contributed by atoms with Crippen molar-refractivity contribution >= 4 is 34.6 Å². The van der Waals surface area contributed by atoms with E-state index in [9.17, 15) is 9.59 Å². The minimum Gasteiger partial charge on any atom is -0.498 e. The first kappa shape index (κ1) is 55.1. The third-order valence-electron chi connectivity index (χ3n) is 10.6. The summed E-state index contributed by atoms with van der Waals surface area (Å²) in [7, 11) is -1.51. The van der Waals surface area contributed by atoms with Crippen molar-refractivity contribution in [3.05, 3.63) is 12.8 Å². The Bertz CT molecular complexity index is 720. The summed E-state index contributed by atoms with van der Waals surface area (Å²) in [6.45, 7) is 12.4. The van der Waals surface area contributed by atoms with E-state index >= 15 is 0 Å². The number of carbonyl (C=O) groups excluding carboxylic acids is 2. The second kappa shape index (κ2) is 48.2. The van der Waals surface area contributed by atoms with Crippen molar-refractivity contribution in [1.82, 2.24) is 0 Å². The number of ether oxygens (including phenoxy) is 1. The van der Waals surface area contributed by atoms with Gasteiger partial charge in [0.15, 0.2) is 0 Å². The van der Waals surface area contributed by atoms with Crippen LogP contribution >= 0.6 is 12.6 Å². The van der Waals surface area contributed by atoms with Gasteiger partial charge in [-0.25, -0.2) is 0 Å². The van der Waals surface area contributed by atoms with Crippen LogP contribution in [0.3, 0.4) is 0 Å². The van der Waals surface area contributed by atoms with Crippen molar-refractivity contribution in [3.8, 4) is 0 Å². The van der Waals surface area contributed by atoms with Crippen LogP contribution in [0.5, 0.6) is 0 Å². The molecule has 2 atom stereocenters. The minimum absolute atomic E-state index is 0.183. The molecule has 0 saturated carbocycles. The molecule has 54 heavy (non-hydrogen) atoms. The predicted molar refractivity (Wildman–Crippen MR) is 242 cm³/mol. The topological polar surface area (TPSA) is 61.8 Å². The van der Waals surface area contributed by atoms with Crippen LogP contribution in [-0.2, 0) is 23.2 Å². The molecule has 0 fully saturated rings. The van der Waals surface area contributed by atoms with Gasteiger partial charge in [0, 0.05) is 18.1 Å². The highest BCUT2D eigenvalue weighted by Gasteiger charge is 2.12. The molecule has 0 bridgehead atoms. The van der Waals surface area contributed by atoms with Gasteiger partial charge in [0.2, 0.25) is 0 Å². The molecular formula is C47H94O5SSi. The molecule has 0 spiro atoms. The summed E-state index contributed by atoms with van der Waals surface area (Å²) < 4.78 is 15.7. The Balaban J connectivity index is 0. The third kappa shape index (κ3) is 47.2. The smallest absolute Gasteiger partial charge is 0.431 e. The Morgan fingerprint density at radius 1 is 0.481 bits per heavy atom. The second-order valence-corrected chi connectivity index (χ2v) is 17.5. The average molecular weight is 799 g/mol. The Labute approximate surface area is 345 Å². The molecule has 0 aromatic carbocycles. The van der Waals surface area contributed by atoms with Crippen molar-refractivity contribution in [3.63, 3.8) is 0 Å². The van der Waals surface area contributed by atoms with Gasteiger partial charge >= 0.3 is 10.0 Å². The van der Waals surface area contributed by atoms with Gasteiger partial charge in [-0.1, -0.05) is 233 Å². The van der Waals surface area contributed by atoms with E-state index in [1.807, 2.05) is 6.92 Å². The van der Waals surface area contributed by atoms with Gasteiger partial charge in [0.1, 0.15) is 6.10 Å². The molecule has 0 aliphatic rings. The van der Waals surface area contributed by atoms with Crippen LogP contribution in [-0.4, -0.2) is 33.3 Å². The quantitative estimate of drug-likeness (QED) is 0.0288. The summed E-state index contributed by atoms with van der Waals surface area (Å²) in [5, 5.41) is 0.342. The number of carbonyl (C=O) groups is 2. The fraction of sp³-hybridized carbons (Fsp3) is 0.915. The molecule has 0 aliphatic carbocycles. The maximum absolute atomic E-state index is 11.9. The lowest BCUT2D eigenvalue weighted by Crippen LogP contribution is -2.18. The predicted octanol–water partition coefficient (Wildman–Crippen LogP) is 15.4. The van der Waals surface area contributed by atoms with Crippen LogP contribution in [0, 0.1) is 0 Å². The molecule has 7 heteroatoms. The highest BCUT2D eigenvalue weighted by molar-refractivity contribution is 7.81. The zero-order valence-corrected chi connectivity index (χ0v) is 39.1. The first-order chi connectivity index (χ1) is 26.4. The van der Waals surface area contributed by atoms with Crippen molar-refractivity contribution in [1.29, 1.82) is 0 Å². The lowest BCUT2D eigenvalue weighted by atomic mass is 10.0. The van der Waals surface area contributed by atoms with Crippen molar-refractivity contribution in [2.24, 2.45) is 0 Å². The zero-order valence-electron chi connectivity index (χ0n) is 36.8. The lowest BCUT2D eigenvalue weighted by molar-refractivity contribution is -0.139. The first-order valence-electron chi connectivity index (χ1n) is 23.7. The molecule has 2 unspecified atom stereocenters. The summed E-state index contributed by atoms with van der Waals surface area (Å²) in [6.07, 6.45) is 48.4. The molecule has 0 aromatic rings. The van der Waals surface area contributed by atoms with Crippen LogP contribution in [0.25, 0.3) is 0 Å². The monoisotopic (exact) mass is 799 g/mol. The van der Waals surface area contributed by atoms with Gasteiger partial charge < -0.3 is 13.6 Å². The number of thiol groups is 1. The van der Waals surface area contributed by atoms with E-state index in [0.29, 0.717) is 18.1 Å². The summed E-state index contributed by atoms with van der Waals surface area (Å²) in [5.41, 5.74) is 0. The Morgan fingerprint density at radius 2 is 0.741 bits per heavy atom. The van der Waals surface area contributed by atoms with Gasteiger partial charge in [0.25, 0.3) is 11.9 Å². The molecule has 0 radical (unpaired) electrons. The van der Waals surface area contributed by atoms with Crippen LogP contribution < -0.4 is 0 Å². The summed E-state index contributed by atoms with van der Waals surface area (Å²) >= 11 is 4.49. The summed E-state index contributed by atoms with van der Waals surface area (Å²) in [5.74, 6) is -0.378. The Kier molecular flexibility index (Phi) is 49.2. The standard InChI is InChI=1S/C36H72O4Si.C11H22OS/c1-3-5-7-9-11-13-15-17-19-21-23-25-27-29-31-33-35(37)39-41-40-36(38)34-32-30-28-26-24-22-20-18-16-14-12-10-8-6-4-2;1-4-6-7-8-9-11(13)10(3)12-5-2/h3-34,41H2,1-2H3;5,10-11,13H,2,4,6-9H2,1,3H3. The van der Waals surface area contributed by atoms with E-state index < -0.39 is 10.0 Å². The van der Waals surface area contributed by atoms with Gasteiger partial charge in [0.05, 0.1) is 6.26 Å². The van der Waals surface area contributed by atoms with Gasteiger partial charge in [-0.2, -0.15) is 12.6 Å². The molecular weight excluding hydrogens is 705 g/mol. The van der Waals surface area contributed by atoms with E-state index in [-0.39, 0.29) is 18.0 Å². The summed E-state index contributed by atoms with van der Waals surface area (Å²) in [6, 6.07) is 0. The highest BCUT2D eigenvalue weighted by Crippen LogP contribution is 2.17. The molecule has 322 valence electrons. The molecule has 0 aliphatic heterocycles. The van der Waals surface area contributed by atoms with Crippen molar-refractivity contribution in [2.45, 2.75) is 277 Å². The zero-order chi connectivity index (χ0) is 40.0. The third-order valence-corrected chi connectivity index (χ3v) is 12.2. The summed E-state index contributed by atoms with van der Waals surface area (Å²) in [4.78, 5) is 23.8. The fourth-order valence-electron chi connectivity index (χ4n) is 6.84. The minimum atomic E-state index is -1.51. The average Bonchev–Trinajstić information content (AvgIpc) is 3.16. The van der Waals surface area contributed by atoms with Gasteiger partial charge in [-0.05, 0) is 26.2 Å². The first-order valence-corrected chi connectivity index (χ1v) is 25.4. The molecule has 5 nitrogen and oxygen atoms in total. The van der Waals surface area contributed by atoms with E-state index in [0.717, 1.165) is 32.1 Å². The van der Waals surface area contributed by atoms with E-state index in [2.05, 4.69) is 40.0 Å². The largest absolute Gasteiger partial charge is 0.498 e. The lowest BCUT2D eigenvalue weighted by Gasteiger charge is -2.18. The molecule has 0 aromatic heterocycles. The highest BCUT2D eigenvalue weighted by atomic mass is 32.1. The number of hydrogen-bond donors (Lipinski definition) is 1. The van der Waals surface area contributed by atoms with Crippen LogP contribution in [0.2, 0.25) is 0 Å². The van der Waals surface area contributed by atoms with Gasteiger partial charge in [-0.3, -0.25) is 9.59 Å². The number of unbranched alkanes of at least 4 members (excludes halogenated alkanes) is 31. The maximum Gasteiger partial charge on any atom is 0.431 e. The Hall–Kier alpha value is -0.953. The van der Waals surface area contributed by atoms with Gasteiger partial charge in [-0.15, -0.1) is 0 Å². The molecule has 0 heterocycles. The van der Waals surface area contributed by atoms with Crippen LogP contribution in [0.1, 0.15) is 265 Å². The van der Waals surface area contributed by atoms with E-state index in [4.69, 9.17) is 13.6 Å². The molecule has 0 amide bonds. The molecule has 0 saturated heterocycles. The SMILES string of the molecule is C=COC(C)C(S)CCCCCC.CCCCCCCCCCCCCCCCCC(=O)O[SiH2]OC(=O)CCCCCCCCCCCCCCCCC. The van der Waals surface area contributed by atoms with Crippen LogP contribution in [0.4, 0.5) is 0 Å². The van der Waals surface area contributed by atoms with Crippen LogP contribution in [0.15, 0.2) is 12.8 Å². The molecule has 0 N–H and O–H groups in total. The van der Waals surface area contributed by atoms with Crippen molar-refractivity contribution in [2.75, 3.05) is 0 Å². The number of hydrogen-bond acceptors (Lipinski definition) is 6. The number of rotatable bonds is 42. The second-order valence-electron chi connectivity index (χ2n) is 16.0. The Morgan fingerprint density at radius 3 is 1.02 bits per heavy atom. The fourth-order valence-corrected chi connectivity index (χ4v) is 7.71. The maximum atomic E-state index is 11.9. The molecule has 0 rings (SSSR count). The normalized spacial score (nSPS) is 12.1. The van der Waals surface area contributed by atoms with E-state index in [1.165, 1.54) is 199 Å².